The van der Waals surface area contributed by atoms with E-state index < -0.39 is 8.88 Å². The molecule has 0 bridgehead atoms. The summed E-state index contributed by atoms with van der Waals surface area (Å²) in [5.74, 6) is 0. The summed E-state index contributed by atoms with van der Waals surface area (Å²) in [7, 11) is 2.33. The normalized spacial score (nSPS) is 12.0. The molecule has 0 unspecified atom stereocenters. The van der Waals surface area contributed by atoms with Gasteiger partial charge < -0.3 is 8.85 Å². The first kappa shape index (κ1) is 8.06. The van der Waals surface area contributed by atoms with E-state index in [0.717, 1.165) is 0 Å². The van der Waals surface area contributed by atoms with Crippen LogP contribution < -0.4 is 10.4 Å². The third kappa shape index (κ3) is 1.89. The number of nitrogens with one attached hydrogen (secondary N) is 1. The predicted octanol–water partition coefficient (Wildman–Crippen LogP) is -1.11. The van der Waals surface area contributed by atoms with Gasteiger partial charge in [-0.25, -0.2) is 0 Å². The van der Waals surface area contributed by atoms with Crippen LogP contribution in [-0.2, 0) is 8.85 Å². The molecule has 0 aliphatic heterocycles. The lowest BCUT2D eigenvalue weighted by atomic mass is 11.6. The van der Waals surface area contributed by atoms with Crippen LogP contribution in [0, 0.1) is 0 Å². The Kier molecular flexibility index (Phi) is 3.18. The van der Waals surface area contributed by atoms with Crippen molar-refractivity contribution in [2.75, 3.05) is 21.3 Å². The predicted molar refractivity (Wildman–Crippen MR) is 33.0 cm³/mol. The minimum Gasteiger partial charge on any atom is -0.374 e. The van der Waals surface area contributed by atoms with Crippen LogP contribution in [0.3, 0.4) is 0 Å². The second-order valence-corrected chi connectivity index (χ2v) is 3.98. The standard InChI is InChI=1S/C3H12N2O2Si/c1-5-8(4,6-2)7-3/h5H,4H2,1-3H3. The van der Waals surface area contributed by atoms with Gasteiger partial charge in [-0.05, 0) is 7.05 Å². The van der Waals surface area contributed by atoms with Crippen LogP contribution in [0.4, 0.5) is 0 Å². The third-order valence-electron chi connectivity index (χ3n) is 0.955. The first-order valence-electron chi connectivity index (χ1n) is 2.26. The summed E-state index contributed by atoms with van der Waals surface area (Å²) in [6, 6.07) is 0. The molecule has 0 aliphatic rings. The Morgan fingerprint density at radius 2 is 1.75 bits per heavy atom. The average molecular weight is 136 g/mol. The lowest BCUT2D eigenvalue weighted by Gasteiger charge is -2.18. The maximum atomic E-state index is 5.48. The Morgan fingerprint density at radius 3 is 1.75 bits per heavy atom. The fourth-order valence-corrected chi connectivity index (χ4v) is 0.862. The van der Waals surface area contributed by atoms with Gasteiger partial charge >= 0.3 is 8.88 Å². The van der Waals surface area contributed by atoms with Crippen LogP contribution in [0.5, 0.6) is 0 Å². The van der Waals surface area contributed by atoms with E-state index in [9.17, 15) is 0 Å². The summed E-state index contributed by atoms with van der Waals surface area (Å²) < 4.78 is 9.64. The van der Waals surface area contributed by atoms with Crippen molar-refractivity contribution in [1.29, 1.82) is 0 Å². The van der Waals surface area contributed by atoms with E-state index in [4.69, 9.17) is 14.3 Å². The van der Waals surface area contributed by atoms with Gasteiger partial charge in [0, 0.05) is 14.2 Å². The van der Waals surface area contributed by atoms with E-state index in [1.807, 2.05) is 0 Å². The fraction of sp³-hybridized carbons (Fsp3) is 1.00. The van der Waals surface area contributed by atoms with Crippen molar-refractivity contribution in [2.24, 2.45) is 5.40 Å². The molecule has 0 spiro atoms. The van der Waals surface area contributed by atoms with Crippen molar-refractivity contribution >= 4 is 8.88 Å². The molecule has 0 heterocycles. The van der Waals surface area contributed by atoms with Crippen molar-refractivity contribution in [1.82, 2.24) is 4.98 Å². The van der Waals surface area contributed by atoms with Gasteiger partial charge in [-0.3, -0.25) is 10.4 Å². The van der Waals surface area contributed by atoms with E-state index in [-0.39, 0.29) is 0 Å². The lowest BCUT2D eigenvalue weighted by Crippen LogP contribution is -2.61. The second-order valence-electron chi connectivity index (χ2n) is 1.33. The molecule has 50 valence electrons. The Bertz CT molecular complexity index is 58.0. The highest BCUT2D eigenvalue weighted by Crippen LogP contribution is 1.85. The minimum absolute atomic E-state index is 1.52. The van der Waals surface area contributed by atoms with Gasteiger partial charge in [-0.2, -0.15) is 0 Å². The SMILES string of the molecule is CN[Si](N)(OC)OC. The molecule has 0 atom stereocenters. The topological polar surface area (TPSA) is 56.5 Å². The minimum atomic E-state index is -2.42. The van der Waals surface area contributed by atoms with Crippen LogP contribution in [0.2, 0.25) is 0 Å². The van der Waals surface area contributed by atoms with Gasteiger partial charge in [0.05, 0.1) is 0 Å². The molecule has 0 saturated carbocycles. The molecule has 5 heteroatoms. The van der Waals surface area contributed by atoms with Crippen LogP contribution in [-0.4, -0.2) is 30.2 Å². The summed E-state index contributed by atoms with van der Waals surface area (Å²) in [4.78, 5) is 2.75. The van der Waals surface area contributed by atoms with Crippen molar-refractivity contribution < 1.29 is 8.85 Å². The van der Waals surface area contributed by atoms with E-state index in [2.05, 4.69) is 4.98 Å². The smallest absolute Gasteiger partial charge is 0.374 e. The maximum absolute atomic E-state index is 5.48. The van der Waals surface area contributed by atoms with Gasteiger partial charge in [0.25, 0.3) is 0 Å². The van der Waals surface area contributed by atoms with E-state index >= 15 is 0 Å². The summed E-state index contributed by atoms with van der Waals surface area (Å²) >= 11 is 0. The van der Waals surface area contributed by atoms with Crippen LogP contribution in [0.1, 0.15) is 0 Å². The number of hydrogen-bond acceptors (Lipinski definition) is 4. The number of rotatable bonds is 3. The van der Waals surface area contributed by atoms with Crippen molar-refractivity contribution in [2.45, 2.75) is 0 Å². The van der Waals surface area contributed by atoms with E-state index in [1.54, 1.807) is 7.05 Å². The zero-order valence-corrected chi connectivity index (χ0v) is 6.39. The highest BCUT2D eigenvalue weighted by molar-refractivity contribution is 6.61. The monoisotopic (exact) mass is 136 g/mol. The van der Waals surface area contributed by atoms with E-state index in [1.165, 1.54) is 14.2 Å². The molecule has 0 amide bonds. The van der Waals surface area contributed by atoms with Gasteiger partial charge in [-0.15, -0.1) is 0 Å². The van der Waals surface area contributed by atoms with Gasteiger partial charge in [-0.1, -0.05) is 0 Å². The number of hydrogen-bond donors (Lipinski definition) is 2. The Labute approximate surface area is 50.4 Å². The summed E-state index contributed by atoms with van der Waals surface area (Å²) in [6.45, 7) is 0. The molecule has 0 fully saturated rings. The van der Waals surface area contributed by atoms with Gasteiger partial charge in [0.2, 0.25) is 0 Å². The molecule has 4 nitrogen and oxygen atoms in total. The summed E-state index contributed by atoms with van der Waals surface area (Å²) in [5, 5.41) is 5.48. The van der Waals surface area contributed by atoms with Crippen molar-refractivity contribution in [3.8, 4) is 0 Å². The van der Waals surface area contributed by atoms with Gasteiger partial charge in [0.15, 0.2) is 0 Å². The van der Waals surface area contributed by atoms with Crippen LogP contribution >= 0.6 is 0 Å². The average Bonchev–Trinajstić information content (AvgIpc) is 1.87. The molecular weight excluding hydrogens is 124 g/mol. The highest BCUT2D eigenvalue weighted by atomic mass is 28.4. The molecule has 0 aromatic rings. The first-order chi connectivity index (χ1) is 3.68. The lowest BCUT2D eigenvalue weighted by molar-refractivity contribution is 0.233. The maximum Gasteiger partial charge on any atom is 0.513 e. The summed E-state index contributed by atoms with van der Waals surface area (Å²) in [6.07, 6.45) is 0. The number of nitrogens with two attached hydrogens (primary N) is 1. The molecule has 3 N–H and O–H groups in total. The molecule has 0 radical (unpaired) electrons. The van der Waals surface area contributed by atoms with Crippen molar-refractivity contribution in [3.63, 3.8) is 0 Å². The fourth-order valence-electron chi connectivity index (χ4n) is 0.287. The molecule has 0 aliphatic carbocycles. The van der Waals surface area contributed by atoms with Crippen LogP contribution in [0.25, 0.3) is 0 Å². The molecule has 0 aromatic heterocycles. The van der Waals surface area contributed by atoms with E-state index in [0.29, 0.717) is 0 Å². The molecule has 8 heavy (non-hydrogen) atoms. The molecule has 0 aromatic carbocycles. The first-order valence-corrected chi connectivity index (χ1v) is 4.16. The molecular formula is C3H12N2O2Si. The Balaban J connectivity index is 3.58. The Morgan fingerprint density at radius 1 is 1.38 bits per heavy atom. The quantitative estimate of drug-likeness (QED) is 0.483. The second kappa shape index (κ2) is 3.16. The van der Waals surface area contributed by atoms with Crippen molar-refractivity contribution in [3.05, 3.63) is 0 Å². The van der Waals surface area contributed by atoms with Gasteiger partial charge in [0.1, 0.15) is 0 Å². The van der Waals surface area contributed by atoms with Crippen LogP contribution in [0.15, 0.2) is 0 Å². The zero-order chi connectivity index (χ0) is 6.62. The molecule has 0 saturated heterocycles. The highest BCUT2D eigenvalue weighted by Gasteiger charge is 2.28. The third-order valence-corrected chi connectivity index (χ3v) is 2.86. The molecule has 0 rings (SSSR count). The summed E-state index contributed by atoms with van der Waals surface area (Å²) in [5.41, 5.74) is 0. The zero-order valence-electron chi connectivity index (χ0n) is 5.39. The largest absolute Gasteiger partial charge is 0.513 e. The Hall–Kier alpha value is 0.0569.